The lowest BCUT2D eigenvalue weighted by Crippen LogP contribution is -2.56. The van der Waals surface area contributed by atoms with E-state index in [4.69, 9.17) is 9.47 Å². The Morgan fingerprint density at radius 2 is 1.68 bits per heavy atom. The number of methoxy groups -OCH3 is 1. The molecule has 0 aromatic heterocycles. The van der Waals surface area contributed by atoms with Crippen LogP contribution in [0.25, 0.3) is 0 Å². The van der Waals surface area contributed by atoms with Gasteiger partial charge in [-0.05, 0) is 26.7 Å². The smallest absolute Gasteiger partial charge is 0.411 e. The number of carbonyl (C=O) groups excluding carboxylic acids is 2. The molecule has 1 atom stereocenters. The van der Waals surface area contributed by atoms with E-state index in [1.807, 2.05) is 52.8 Å². The van der Waals surface area contributed by atoms with Crippen LogP contribution in [0.15, 0.2) is 42.1 Å². The zero-order valence-electron chi connectivity index (χ0n) is 18.5. The highest BCUT2D eigenvalue weighted by atomic mass is 28.3. The molecule has 6 heteroatoms. The first-order valence-corrected chi connectivity index (χ1v) is 12.6. The molecule has 0 saturated heterocycles. The van der Waals surface area contributed by atoms with Crippen molar-refractivity contribution in [2.75, 3.05) is 13.7 Å². The predicted molar refractivity (Wildman–Crippen MR) is 116 cm³/mol. The predicted octanol–water partition coefficient (Wildman–Crippen LogP) is 4.13. The lowest BCUT2D eigenvalue weighted by molar-refractivity contribution is -0.142. The normalized spacial score (nSPS) is 13.0. The van der Waals surface area contributed by atoms with Crippen LogP contribution in [-0.2, 0) is 14.3 Å². The van der Waals surface area contributed by atoms with Gasteiger partial charge >= 0.3 is 12.1 Å². The standard InChI is InChI=1S/C22H35NO4Si/c1-16(2)20(17(3)28(8,9)18-13-11-10-12-14-18)23(15-19(24)26-7)21(25)27-22(4,5)6/h10-14,16,20H,3,15H2,1-2,4-9H3/t20-/m0/s1. The van der Waals surface area contributed by atoms with E-state index in [0.29, 0.717) is 0 Å². The highest BCUT2D eigenvalue weighted by molar-refractivity contribution is 6.95. The zero-order valence-corrected chi connectivity index (χ0v) is 19.5. The maximum Gasteiger partial charge on any atom is 0.411 e. The molecule has 0 aliphatic carbocycles. The summed E-state index contributed by atoms with van der Waals surface area (Å²) in [6.07, 6.45) is -0.532. The Labute approximate surface area is 170 Å². The molecule has 0 heterocycles. The number of nitrogens with zero attached hydrogens (tertiary/aromatic N) is 1. The summed E-state index contributed by atoms with van der Waals surface area (Å²) in [4.78, 5) is 26.5. The average molecular weight is 406 g/mol. The van der Waals surface area contributed by atoms with Gasteiger partial charge in [0.2, 0.25) is 0 Å². The van der Waals surface area contributed by atoms with Crippen molar-refractivity contribution < 1.29 is 19.1 Å². The molecule has 1 rings (SSSR count). The summed E-state index contributed by atoms with van der Waals surface area (Å²) in [6, 6.07) is 9.89. The summed E-state index contributed by atoms with van der Waals surface area (Å²) in [6.45, 7) is 18.2. The molecular weight excluding hydrogens is 370 g/mol. The van der Waals surface area contributed by atoms with Crippen LogP contribution in [0.1, 0.15) is 34.6 Å². The lowest BCUT2D eigenvalue weighted by atomic mass is 10.0. The Balaban J connectivity index is 3.35. The maximum atomic E-state index is 13.0. The van der Waals surface area contributed by atoms with Gasteiger partial charge in [0.1, 0.15) is 20.2 Å². The first-order chi connectivity index (χ1) is 12.8. The molecule has 0 aliphatic rings. The monoisotopic (exact) mass is 405 g/mol. The number of hydrogen-bond acceptors (Lipinski definition) is 4. The second kappa shape index (κ2) is 9.41. The number of benzene rings is 1. The number of rotatable bonds is 7. The van der Waals surface area contributed by atoms with Gasteiger partial charge in [0.15, 0.2) is 0 Å². The highest BCUT2D eigenvalue weighted by Gasteiger charge is 2.40. The molecule has 1 aromatic rings. The lowest BCUT2D eigenvalue weighted by Gasteiger charge is -2.40. The molecule has 0 N–H and O–H groups in total. The topological polar surface area (TPSA) is 55.8 Å². The van der Waals surface area contributed by atoms with E-state index < -0.39 is 25.7 Å². The largest absolute Gasteiger partial charge is 0.468 e. The quantitative estimate of drug-likeness (QED) is 0.505. The molecule has 0 unspecified atom stereocenters. The van der Waals surface area contributed by atoms with E-state index in [2.05, 4.69) is 31.8 Å². The van der Waals surface area contributed by atoms with Gasteiger partial charge in [-0.3, -0.25) is 9.69 Å². The molecule has 1 amide bonds. The van der Waals surface area contributed by atoms with E-state index in [9.17, 15) is 9.59 Å². The third kappa shape index (κ3) is 6.23. The van der Waals surface area contributed by atoms with E-state index in [0.717, 1.165) is 5.20 Å². The molecule has 0 spiro atoms. The summed E-state index contributed by atoms with van der Waals surface area (Å²) in [5, 5.41) is 2.20. The molecule has 0 aliphatic heterocycles. The number of ether oxygens (including phenoxy) is 2. The zero-order chi connectivity index (χ0) is 21.7. The fourth-order valence-electron chi connectivity index (χ4n) is 3.16. The minimum atomic E-state index is -2.13. The Bertz CT molecular complexity index is 692. The average Bonchev–Trinajstić information content (AvgIpc) is 2.59. The third-order valence-corrected chi connectivity index (χ3v) is 8.46. The molecular formula is C22H35NO4Si. The molecule has 0 bridgehead atoms. The van der Waals surface area contributed by atoms with E-state index in [1.54, 1.807) is 0 Å². The fourth-order valence-corrected chi connectivity index (χ4v) is 5.79. The summed E-state index contributed by atoms with van der Waals surface area (Å²) in [5.74, 6) is -0.427. The minimum absolute atomic E-state index is 0.0557. The van der Waals surface area contributed by atoms with Gasteiger partial charge in [-0.1, -0.05) is 67.7 Å². The minimum Gasteiger partial charge on any atom is -0.468 e. The molecule has 0 fully saturated rings. The van der Waals surface area contributed by atoms with Crippen molar-refractivity contribution >= 4 is 25.3 Å². The fraction of sp³-hybridized carbons (Fsp3) is 0.545. The van der Waals surface area contributed by atoms with Crippen molar-refractivity contribution in [1.29, 1.82) is 0 Å². The van der Waals surface area contributed by atoms with Gasteiger partial charge in [0.25, 0.3) is 0 Å². The van der Waals surface area contributed by atoms with Crippen LogP contribution >= 0.6 is 0 Å². The number of amides is 1. The Morgan fingerprint density at radius 3 is 2.11 bits per heavy atom. The molecule has 156 valence electrons. The van der Waals surface area contributed by atoms with E-state index >= 15 is 0 Å². The molecule has 1 aromatic carbocycles. The van der Waals surface area contributed by atoms with Crippen LogP contribution in [0.2, 0.25) is 13.1 Å². The molecule has 28 heavy (non-hydrogen) atoms. The van der Waals surface area contributed by atoms with Crippen molar-refractivity contribution in [3.63, 3.8) is 0 Å². The van der Waals surface area contributed by atoms with Crippen LogP contribution < -0.4 is 5.19 Å². The maximum absolute atomic E-state index is 13.0. The second-order valence-electron chi connectivity index (χ2n) is 8.89. The Kier molecular flexibility index (Phi) is 8.05. The van der Waals surface area contributed by atoms with Gasteiger partial charge < -0.3 is 9.47 Å². The van der Waals surface area contributed by atoms with Crippen molar-refractivity contribution in [3.05, 3.63) is 42.1 Å². The summed E-state index contributed by atoms with van der Waals surface area (Å²) in [7, 11) is -0.816. The van der Waals surface area contributed by atoms with Crippen molar-refractivity contribution in [3.8, 4) is 0 Å². The summed E-state index contributed by atoms with van der Waals surface area (Å²) < 4.78 is 10.4. The molecule has 0 saturated carbocycles. The first kappa shape index (κ1) is 24.0. The summed E-state index contributed by atoms with van der Waals surface area (Å²) in [5.41, 5.74) is -0.666. The van der Waals surface area contributed by atoms with E-state index in [1.165, 1.54) is 17.2 Å². The first-order valence-electron chi connectivity index (χ1n) is 9.62. The van der Waals surface area contributed by atoms with Crippen LogP contribution in [-0.4, -0.2) is 50.3 Å². The second-order valence-corrected chi connectivity index (χ2v) is 13.4. The van der Waals surface area contributed by atoms with Crippen molar-refractivity contribution in [1.82, 2.24) is 4.90 Å². The van der Waals surface area contributed by atoms with Gasteiger partial charge in [0.05, 0.1) is 13.2 Å². The Morgan fingerprint density at radius 1 is 1.14 bits per heavy atom. The highest BCUT2D eigenvalue weighted by Crippen LogP contribution is 2.28. The molecule has 5 nitrogen and oxygen atoms in total. The Hall–Kier alpha value is -2.08. The SMILES string of the molecule is C=C([C@H](C(C)C)N(CC(=O)OC)C(=O)OC(C)(C)C)[Si](C)(C)c1ccccc1. The van der Waals surface area contributed by atoms with Crippen LogP contribution in [0.3, 0.4) is 0 Å². The van der Waals surface area contributed by atoms with Crippen LogP contribution in [0.5, 0.6) is 0 Å². The van der Waals surface area contributed by atoms with Crippen LogP contribution in [0.4, 0.5) is 4.79 Å². The third-order valence-electron chi connectivity index (χ3n) is 4.78. The summed E-state index contributed by atoms with van der Waals surface area (Å²) >= 11 is 0. The van der Waals surface area contributed by atoms with Gasteiger partial charge in [0, 0.05) is 0 Å². The number of esters is 1. The van der Waals surface area contributed by atoms with Crippen molar-refractivity contribution in [2.45, 2.75) is 59.4 Å². The molecule has 0 radical (unpaired) electrons. The number of hydrogen-bond donors (Lipinski definition) is 0. The van der Waals surface area contributed by atoms with E-state index in [-0.39, 0.29) is 18.5 Å². The van der Waals surface area contributed by atoms with Gasteiger partial charge in [-0.15, -0.1) is 6.58 Å². The van der Waals surface area contributed by atoms with Gasteiger partial charge in [-0.2, -0.15) is 0 Å². The van der Waals surface area contributed by atoms with Crippen LogP contribution in [0, 0.1) is 5.92 Å². The van der Waals surface area contributed by atoms with Crippen molar-refractivity contribution in [2.24, 2.45) is 5.92 Å². The van der Waals surface area contributed by atoms with Gasteiger partial charge in [-0.25, -0.2) is 4.79 Å². The number of carbonyl (C=O) groups is 2.